The molecule has 0 radical (unpaired) electrons. The summed E-state index contributed by atoms with van der Waals surface area (Å²) in [5.41, 5.74) is -5.15. The molecular formula is C20H18F6N2O5. The normalized spacial score (nSPS) is 11.9. The Morgan fingerprint density at radius 2 is 1.58 bits per heavy atom. The number of carbonyl (C=O) groups is 3. The molecular weight excluding hydrogens is 462 g/mol. The first-order chi connectivity index (χ1) is 15.3. The molecule has 0 aliphatic carbocycles. The topological polar surface area (TPSA) is 87.5 Å². The van der Waals surface area contributed by atoms with Gasteiger partial charge in [-0.25, -0.2) is 18.7 Å². The standard InChI is InChI=1S/C20H18F6N2O5/c1-4-32-17(30)15-14(19(22,23)20(24,25)26)16(18(31)33-5-2)28(27-15)9-13(29)11-7-6-10(3)12(21)8-11/h6-8H,4-5,9H2,1-3H3. The van der Waals surface area contributed by atoms with Crippen LogP contribution in [-0.2, 0) is 21.9 Å². The van der Waals surface area contributed by atoms with E-state index in [-0.39, 0.29) is 15.8 Å². The largest absolute Gasteiger partial charge is 0.461 e. The highest BCUT2D eigenvalue weighted by Crippen LogP contribution is 2.46. The molecule has 0 saturated carbocycles. The van der Waals surface area contributed by atoms with Gasteiger partial charge in [-0.3, -0.25) is 4.79 Å². The minimum Gasteiger partial charge on any atom is -0.461 e. The van der Waals surface area contributed by atoms with Gasteiger partial charge >= 0.3 is 24.0 Å². The van der Waals surface area contributed by atoms with Crippen molar-refractivity contribution in [2.24, 2.45) is 0 Å². The van der Waals surface area contributed by atoms with Crippen LogP contribution in [0.2, 0.25) is 0 Å². The van der Waals surface area contributed by atoms with Gasteiger partial charge in [0.25, 0.3) is 0 Å². The molecule has 0 aliphatic rings. The fourth-order valence-corrected chi connectivity index (χ4v) is 2.76. The van der Waals surface area contributed by atoms with E-state index in [1.54, 1.807) is 0 Å². The summed E-state index contributed by atoms with van der Waals surface area (Å²) in [6.45, 7) is 2.03. The lowest BCUT2D eigenvalue weighted by molar-refractivity contribution is -0.289. The molecule has 1 heterocycles. The van der Waals surface area contributed by atoms with Crippen molar-refractivity contribution in [3.8, 4) is 0 Å². The number of esters is 2. The van der Waals surface area contributed by atoms with Crippen LogP contribution in [0, 0.1) is 12.7 Å². The molecule has 0 spiro atoms. The molecule has 13 heteroatoms. The van der Waals surface area contributed by atoms with Crippen LogP contribution in [0.1, 0.15) is 56.3 Å². The number of benzene rings is 1. The zero-order valence-electron chi connectivity index (χ0n) is 17.6. The summed E-state index contributed by atoms with van der Waals surface area (Å²) in [7, 11) is 0. The molecule has 0 unspecified atom stereocenters. The summed E-state index contributed by atoms with van der Waals surface area (Å²) in [5.74, 6) is -10.8. The van der Waals surface area contributed by atoms with Gasteiger partial charge in [-0.15, -0.1) is 0 Å². The number of Topliss-reactive ketones (excluding diaryl/α,β-unsaturated/α-hetero) is 1. The van der Waals surface area contributed by atoms with E-state index >= 15 is 0 Å². The smallest absolute Gasteiger partial charge is 0.458 e. The van der Waals surface area contributed by atoms with Crippen LogP contribution in [0.15, 0.2) is 18.2 Å². The third-order valence-electron chi connectivity index (χ3n) is 4.35. The maximum Gasteiger partial charge on any atom is 0.458 e. The Hall–Kier alpha value is -3.38. The number of hydrogen-bond acceptors (Lipinski definition) is 6. The van der Waals surface area contributed by atoms with Crippen molar-refractivity contribution in [1.29, 1.82) is 0 Å². The summed E-state index contributed by atoms with van der Waals surface area (Å²) < 4.78 is 91.5. The average Bonchev–Trinajstić information content (AvgIpc) is 3.09. The van der Waals surface area contributed by atoms with Crippen LogP contribution in [0.5, 0.6) is 0 Å². The van der Waals surface area contributed by atoms with E-state index in [0.29, 0.717) is 0 Å². The molecule has 2 rings (SSSR count). The summed E-state index contributed by atoms with van der Waals surface area (Å²) >= 11 is 0. The molecule has 0 atom stereocenters. The number of alkyl halides is 5. The fourth-order valence-electron chi connectivity index (χ4n) is 2.76. The van der Waals surface area contributed by atoms with Gasteiger partial charge in [-0.1, -0.05) is 12.1 Å². The summed E-state index contributed by atoms with van der Waals surface area (Å²) in [5, 5.41) is 3.36. The quantitative estimate of drug-likeness (QED) is 0.320. The second-order valence-corrected chi connectivity index (χ2v) is 6.63. The SMILES string of the molecule is CCOC(=O)c1nn(CC(=O)c2ccc(C)c(F)c2)c(C(=O)OCC)c1C(F)(F)C(F)(F)F. The number of carbonyl (C=O) groups excluding carboxylic acids is 3. The van der Waals surface area contributed by atoms with Gasteiger partial charge in [0.05, 0.1) is 18.8 Å². The van der Waals surface area contributed by atoms with Gasteiger partial charge in [0.15, 0.2) is 17.2 Å². The summed E-state index contributed by atoms with van der Waals surface area (Å²) in [6.07, 6.45) is -6.23. The number of halogens is 6. The number of ether oxygens (including phenoxy) is 2. The van der Waals surface area contributed by atoms with E-state index in [9.17, 15) is 40.7 Å². The Kier molecular flexibility index (Phi) is 7.55. The van der Waals surface area contributed by atoms with Crippen LogP contribution in [-0.4, -0.2) is 46.9 Å². The van der Waals surface area contributed by atoms with E-state index in [2.05, 4.69) is 14.6 Å². The Balaban J connectivity index is 2.74. The predicted octanol–water partition coefficient (Wildman–Crippen LogP) is 4.22. The lowest BCUT2D eigenvalue weighted by Gasteiger charge is -2.20. The molecule has 7 nitrogen and oxygen atoms in total. The number of nitrogens with zero attached hydrogens (tertiary/aromatic N) is 2. The lowest BCUT2D eigenvalue weighted by Crippen LogP contribution is -2.37. The molecule has 180 valence electrons. The van der Waals surface area contributed by atoms with E-state index in [4.69, 9.17) is 0 Å². The van der Waals surface area contributed by atoms with Gasteiger partial charge in [0.1, 0.15) is 12.4 Å². The van der Waals surface area contributed by atoms with Crippen LogP contribution in [0.3, 0.4) is 0 Å². The van der Waals surface area contributed by atoms with Gasteiger partial charge in [0, 0.05) is 5.56 Å². The molecule has 0 saturated heterocycles. The fraction of sp³-hybridized carbons (Fsp3) is 0.400. The first-order valence-electron chi connectivity index (χ1n) is 9.45. The monoisotopic (exact) mass is 480 g/mol. The van der Waals surface area contributed by atoms with Crippen molar-refractivity contribution in [2.45, 2.75) is 39.4 Å². The van der Waals surface area contributed by atoms with Gasteiger partial charge in [0.2, 0.25) is 0 Å². The Morgan fingerprint density at radius 3 is 2.09 bits per heavy atom. The van der Waals surface area contributed by atoms with Gasteiger partial charge in [-0.05, 0) is 32.4 Å². The molecule has 1 aromatic carbocycles. The molecule has 0 amide bonds. The minimum atomic E-state index is -6.23. The Bertz CT molecular complexity index is 1080. The third-order valence-corrected chi connectivity index (χ3v) is 4.35. The first kappa shape index (κ1) is 25.9. The molecule has 0 aliphatic heterocycles. The summed E-state index contributed by atoms with van der Waals surface area (Å²) in [6, 6.07) is 3.25. The maximum absolute atomic E-state index is 14.4. The van der Waals surface area contributed by atoms with E-state index < -0.39 is 72.3 Å². The van der Waals surface area contributed by atoms with Crippen LogP contribution >= 0.6 is 0 Å². The molecule has 2 aromatic rings. The zero-order chi connectivity index (χ0) is 25.1. The first-order valence-corrected chi connectivity index (χ1v) is 9.45. The summed E-state index contributed by atoms with van der Waals surface area (Å²) in [4.78, 5) is 37.1. The van der Waals surface area contributed by atoms with Crippen LogP contribution < -0.4 is 0 Å². The predicted molar refractivity (Wildman–Crippen MR) is 99.6 cm³/mol. The van der Waals surface area contributed by atoms with Crippen molar-refractivity contribution >= 4 is 17.7 Å². The number of rotatable bonds is 8. The molecule has 0 N–H and O–H groups in total. The van der Waals surface area contributed by atoms with Crippen molar-refractivity contribution in [3.05, 3.63) is 52.1 Å². The van der Waals surface area contributed by atoms with Gasteiger partial charge < -0.3 is 9.47 Å². The molecule has 0 bridgehead atoms. The van der Waals surface area contributed by atoms with Crippen molar-refractivity contribution < 1.29 is 50.2 Å². The van der Waals surface area contributed by atoms with Crippen molar-refractivity contribution in [2.75, 3.05) is 13.2 Å². The Morgan fingerprint density at radius 1 is 1.00 bits per heavy atom. The minimum absolute atomic E-state index is 0.189. The Labute approximate surface area is 183 Å². The maximum atomic E-state index is 14.4. The van der Waals surface area contributed by atoms with Crippen LogP contribution in [0.25, 0.3) is 0 Å². The zero-order valence-corrected chi connectivity index (χ0v) is 17.6. The number of aryl methyl sites for hydroxylation is 1. The van der Waals surface area contributed by atoms with Gasteiger partial charge in [-0.2, -0.15) is 27.1 Å². The number of aromatic nitrogens is 2. The molecule has 0 fully saturated rings. The van der Waals surface area contributed by atoms with E-state index in [1.165, 1.54) is 32.9 Å². The van der Waals surface area contributed by atoms with Crippen molar-refractivity contribution in [3.63, 3.8) is 0 Å². The molecule has 33 heavy (non-hydrogen) atoms. The second-order valence-electron chi connectivity index (χ2n) is 6.63. The number of ketones is 1. The van der Waals surface area contributed by atoms with Crippen LogP contribution in [0.4, 0.5) is 26.3 Å². The second kappa shape index (κ2) is 9.63. The third kappa shape index (κ3) is 5.17. The highest BCUT2D eigenvalue weighted by Gasteiger charge is 2.63. The highest BCUT2D eigenvalue weighted by atomic mass is 19.4. The average molecular weight is 480 g/mol. The lowest BCUT2D eigenvalue weighted by atomic mass is 10.0. The van der Waals surface area contributed by atoms with Crippen molar-refractivity contribution in [1.82, 2.24) is 9.78 Å². The molecule has 1 aromatic heterocycles. The highest BCUT2D eigenvalue weighted by molar-refractivity contribution is 5.99. The van der Waals surface area contributed by atoms with E-state index in [0.717, 1.165) is 6.07 Å². The number of hydrogen-bond donors (Lipinski definition) is 0. The van der Waals surface area contributed by atoms with E-state index in [1.807, 2.05) is 0 Å².